The number of hydrogen-bond acceptors (Lipinski definition) is 5. The predicted octanol–water partition coefficient (Wildman–Crippen LogP) is 1.51. The summed E-state index contributed by atoms with van der Waals surface area (Å²) in [7, 11) is 0. The van der Waals surface area contributed by atoms with Crippen LogP contribution in [0.25, 0.3) is 0 Å². The van der Waals surface area contributed by atoms with Crippen LogP contribution in [0.4, 0.5) is 8.78 Å². The van der Waals surface area contributed by atoms with Crippen molar-refractivity contribution in [2.24, 2.45) is 11.5 Å². The third-order valence-electron chi connectivity index (χ3n) is 4.03. The normalized spacial score (nSPS) is 11.6. The Kier molecular flexibility index (Phi) is 7.82. The second-order valence-electron chi connectivity index (χ2n) is 6.19. The standard InChI is InChI=1S/C20H22F2N4O4/c1-2-29-18(16-13(21)7-8-14(17(16)22)30-10-15(23)27)20(28)26-9-11-3-5-12(6-4-11)19(24)25/h3-8,18H,2,9-10H2,1H3,(H2,23,27)(H3,24,25)(H,26,28). The van der Waals surface area contributed by atoms with Gasteiger partial charge in [-0.05, 0) is 24.6 Å². The predicted molar refractivity (Wildman–Crippen MR) is 105 cm³/mol. The van der Waals surface area contributed by atoms with E-state index in [4.69, 9.17) is 26.4 Å². The van der Waals surface area contributed by atoms with E-state index in [1.807, 2.05) is 0 Å². The molecule has 0 saturated carbocycles. The molecular weight excluding hydrogens is 398 g/mol. The number of nitrogen functional groups attached to an aromatic ring is 1. The van der Waals surface area contributed by atoms with Crippen LogP contribution in [-0.2, 0) is 20.9 Å². The van der Waals surface area contributed by atoms with E-state index in [0.717, 1.165) is 12.1 Å². The molecule has 2 amide bonds. The highest BCUT2D eigenvalue weighted by molar-refractivity contribution is 5.94. The van der Waals surface area contributed by atoms with Gasteiger partial charge < -0.3 is 26.3 Å². The molecule has 30 heavy (non-hydrogen) atoms. The zero-order valence-electron chi connectivity index (χ0n) is 16.2. The Morgan fingerprint density at radius 2 is 1.80 bits per heavy atom. The van der Waals surface area contributed by atoms with Crippen LogP contribution in [0, 0.1) is 17.0 Å². The number of halogens is 2. The molecule has 0 spiro atoms. The molecule has 0 bridgehead atoms. The Balaban J connectivity index is 2.21. The van der Waals surface area contributed by atoms with Gasteiger partial charge in [-0.1, -0.05) is 24.3 Å². The Bertz CT molecular complexity index is 935. The smallest absolute Gasteiger partial charge is 0.255 e. The van der Waals surface area contributed by atoms with Crippen LogP contribution in [0.3, 0.4) is 0 Å². The van der Waals surface area contributed by atoms with E-state index in [1.54, 1.807) is 31.2 Å². The molecule has 0 radical (unpaired) electrons. The maximum absolute atomic E-state index is 14.8. The molecule has 160 valence electrons. The molecule has 2 rings (SSSR count). The van der Waals surface area contributed by atoms with Crippen LogP contribution in [0.1, 0.15) is 29.7 Å². The second-order valence-corrected chi connectivity index (χ2v) is 6.19. The molecular formula is C20H22F2N4O4. The third kappa shape index (κ3) is 5.74. The Morgan fingerprint density at radius 3 is 2.37 bits per heavy atom. The largest absolute Gasteiger partial charge is 0.481 e. The van der Waals surface area contributed by atoms with Gasteiger partial charge in [0.15, 0.2) is 24.3 Å². The summed E-state index contributed by atoms with van der Waals surface area (Å²) in [6.45, 7) is 1.03. The molecule has 8 nitrogen and oxygen atoms in total. The summed E-state index contributed by atoms with van der Waals surface area (Å²) in [6.07, 6.45) is -1.58. The number of hydrogen-bond donors (Lipinski definition) is 4. The Morgan fingerprint density at radius 1 is 1.13 bits per heavy atom. The number of nitrogens with two attached hydrogens (primary N) is 2. The van der Waals surface area contributed by atoms with Crippen molar-refractivity contribution in [2.75, 3.05) is 13.2 Å². The minimum absolute atomic E-state index is 0.0106. The lowest BCUT2D eigenvalue weighted by Crippen LogP contribution is -2.32. The van der Waals surface area contributed by atoms with Gasteiger partial charge in [-0.2, -0.15) is 0 Å². The van der Waals surface area contributed by atoms with Crippen molar-refractivity contribution in [3.05, 3.63) is 64.7 Å². The third-order valence-corrected chi connectivity index (χ3v) is 4.03. The molecule has 1 unspecified atom stereocenters. The van der Waals surface area contributed by atoms with Crippen LogP contribution in [0.2, 0.25) is 0 Å². The monoisotopic (exact) mass is 420 g/mol. The number of primary amides is 1. The van der Waals surface area contributed by atoms with Crippen LogP contribution in [0.15, 0.2) is 36.4 Å². The first-order chi connectivity index (χ1) is 14.2. The molecule has 0 saturated heterocycles. The summed E-state index contributed by atoms with van der Waals surface area (Å²) >= 11 is 0. The van der Waals surface area contributed by atoms with E-state index in [-0.39, 0.29) is 19.0 Å². The van der Waals surface area contributed by atoms with Crippen molar-refractivity contribution < 1.29 is 27.8 Å². The Hall–Kier alpha value is -3.53. The number of benzene rings is 2. The van der Waals surface area contributed by atoms with E-state index in [1.165, 1.54) is 0 Å². The fraction of sp³-hybridized carbons (Fsp3) is 0.250. The van der Waals surface area contributed by atoms with E-state index in [9.17, 15) is 18.4 Å². The summed E-state index contributed by atoms with van der Waals surface area (Å²) in [5.41, 5.74) is 10.9. The summed E-state index contributed by atoms with van der Waals surface area (Å²) < 4.78 is 39.4. The summed E-state index contributed by atoms with van der Waals surface area (Å²) in [6, 6.07) is 8.45. The number of carbonyl (C=O) groups is 2. The molecule has 0 aromatic heterocycles. The number of ether oxygens (including phenoxy) is 2. The molecule has 0 heterocycles. The average Bonchev–Trinajstić information content (AvgIpc) is 2.71. The lowest BCUT2D eigenvalue weighted by atomic mass is 10.1. The zero-order valence-corrected chi connectivity index (χ0v) is 16.2. The molecule has 1 atom stereocenters. The highest BCUT2D eigenvalue weighted by atomic mass is 19.1. The lowest BCUT2D eigenvalue weighted by molar-refractivity contribution is -0.133. The maximum Gasteiger partial charge on any atom is 0.255 e. The average molecular weight is 420 g/mol. The van der Waals surface area contributed by atoms with Gasteiger partial charge in [0.25, 0.3) is 11.8 Å². The van der Waals surface area contributed by atoms with E-state index in [2.05, 4.69) is 5.32 Å². The van der Waals surface area contributed by atoms with Gasteiger partial charge in [0, 0.05) is 18.7 Å². The first-order valence-electron chi connectivity index (χ1n) is 8.96. The van der Waals surface area contributed by atoms with Crippen molar-refractivity contribution in [1.29, 1.82) is 5.41 Å². The molecule has 0 aliphatic heterocycles. The van der Waals surface area contributed by atoms with Crippen molar-refractivity contribution in [2.45, 2.75) is 19.6 Å². The van der Waals surface area contributed by atoms with Gasteiger partial charge in [0.1, 0.15) is 11.7 Å². The molecule has 2 aromatic carbocycles. The molecule has 6 N–H and O–H groups in total. The number of carbonyl (C=O) groups excluding carboxylic acids is 2. The minimum Gasteiger partial charge on any atom is -0.481 e. The lowest BCUT2D eigenvalue weighted by Gasteiger charge is -2.19. The first kappa shape index (κ1) is 22.8. The summed E-state index contributed by atoms with van der Waals surface area (Å²) in [5, 5.41) is 9.93. The molecule has 0 aliphatic rings. The second kappa shape index (κ2) is 10.3. The van der Waals surface area contributed by atoms with Crippen LogP contribution < -0.4 is 21.5 Å². The van der Waals surface area contributed by atoms with Crippen molar-refractivity contribution in [3.8, 4) is 5.75 Å². The van der Waals surface area contributed by atoms with Gasteiger partial charge in [0.05, 0.1) is 5.56 Å². The minimum atomic E-state index is -1.58. The fourth-order valence-electron chi connectivity index (χ4n) is 2.59. The van der Waals surface area contributed by atoms with Gasteiger partial charge in [-0.25, -0.2) is 8.78 Å². The fourth-order valence-corrected chi connectivity index (χ4v) is 2.59. The molecule has 0 fully saturated rings. The number of amides is 2. The highest BCUT2D eigenvalue weighted by Crippen LogP contribution is 2.30. The topological polar surface area (TPSA) is 141 Å². The van der Waals surface area contributed by atoms with Crippen molar-refractivity contribution in [1.82, 2.24) is 5.32 Å². The van der Waals surface area contributed by atoms with Crippen LogP contribution in [0.5, 0.6) is 5.75 Å². The summed E-state index contributed by atoms with van der Waals surface area (Å²) in [4.78, 5) is 23.5. The zero-order chi connectivity index (χ0) is 22.3. The van der Waals surface area contributed by atoms with E-state index >= 15 is 0 Å². The van der Waals surface area contributed by atoms with Crippen LogP contribution >= 0.6 is 0 Å². The van der Waals surface area contributed by atoms with Crippen molar-refractivity contribution in [3.63, 3.8) is 0 Å². The number of rotatable bonds is 10. The Labute approximate surface area is 171 Å². The number of amidine groups is 1. The van der Waals surface area contributed by atoms with Gasteiger partial charge in [-0.15, -0.1) is 0 Å². The summed E-state index contributed by atoms with van der Waals surface area (Å²) in [5.74, 6) is -4.28. The maximum atomic E-state index is 14.8. The van der Waals surface area contributed by atoms with Gasteiger partial charge in [-0.3, -0.25) is 15.0 Å². The first-order valence-corrected chi connectivity index (χ1v) is 8.96. The van der Waals surface area contributed by atoms with Gasteiger partial charge in [0.2, 0.25) is 0 Å². The van der Waals surface area contributed by atoms with E-state index < -0.39 is 47.5 Å². The quantitative estimate of drug-likeness (QED) is 0.341. The SMILES string of the molecule is CCOC(C(=O)NCc1ccc(C(=N)N)cc1)c1c(F)ccc(OCC(N)=O)c1F. The highest BCUT2D eigenvalue weighted by Gasteiger charge is 2.29. The van der Waals surface area contributed by atoms with Crippen molar-refractivity contribution >= 4 is 17.6 Å². The number of nitrogens with one attached hydrogen (secondary N) is 2. The molecule has 10 heteroatoms. The molecule has 0 aliphatic carbocycles. The van der Waals surface area contributed by atoms with Gasteiger partial charge >= 0.3 is 0 Å². The van der Waals surface area contributed by atoms with E-state index in [0.29, 0.717) is 11.1 Å². The molecule has 2 aromatic rings. The van der Waals surface area contributed by atoms with Crippen LogP contribution in [-0.4, -0.2) is 30.9 Å².